The molecule has 290 valence electrons. The third-order valence-electron chi connectivity index (χ3n) is 10.6. The number of aliphatic hydroxyl groups excluding tert-OH is 1. The van der Waals surface area contributed by atoms with Crippen LogP contribution in [0.2, 0.25) is 0 Å². The van der Waals surface area contributed by atoms with Gasteiger partial charge in [0.2, 0.25) is 23.6 Å². The molecular weight excluding hydrogens is 650 g/mol. The van der Waals surface area contributed by atoms with E-state index in [0.717, 1.165) is 18.4 Å². The quantitative estimate of drug-likeness (QED) is 0.152. The number of carbonyl (C=O) groups excluding carboxylic acids is 4. The Morgan fingerprint density at radius 1 is 0.941 bits per heavy atom. The molecule has 12 nitrogen and oxygen atoms in total. The Morgan fingerprint density at radius 2 is 1.57 bits per heavy atom. The van der Waals surface area contributed by atoms with Crippen LogP contribution in [0.5, 0.6) is 0 Å². The predicted octanol–water partition coefficient (Wildman–Crippen LogP) is 3.01. The zero-order valence-corrected chi connectivity index (χ0v) is 33.0. The van der Waals surface area contributed by atoms with Crippen molar-refractivity contribution in [1.29, 1.82) is 0 Å². The Balaban J connectivity index is 2.24. The molecule has 4 amide bonds. The number of nitrogens with one attached hydrogen (secondary N) is 3. The second-order valence-corrected chi connectivity index (χ2v) is 14.9. The van der Waals surface area contributed by atoms with Crippen LogP contribution in [0.3, 0.4) is 0 Å². The second kappa shape index (κ2) is 21.5. The maximum Gasteiger partial charge on any atom is 0.245 e. The van der Waals surface area contributed by atoms with Gasteiger partial charge in [0, 0.05) is 27.8 Å². The van der Waals surface area contributed by atoms with Crippen molar-refractivity contribution in [1.82, 2.24) is 25.8 Å². The first kappa shape index (κ1) is 44.1. The Morgan fingerprint density at radius 3 is 2.08 bits per heavy atom. The van der Waals surface area contributed by atoms with Crippen molar-refractivity contribution in [2.75, 3.05) is 41.5 Å². The molecule has 1 aromatic rings. The van der Waals surface area contributed by atoms with Crippen molar-refractivity contribution in [3.8, 4) is 0 Å². The molecule has 1 aliphatic rings. The van der Waals surface area contributed by atoms with E-state index < -0.39 is 42.3 Å². The van der Waals surface area contributed by atoms with E-state index in [0.29, 0.717) is 19.4 Å². The molecule has 0 saturated carbocycles. The van der Waals surface area contributed by atoms with E-state index in [1.807, 2.05) is 71.9 Å². The lowest BCUT2D eigenvalue weighted by Gasteiger charge is -2.41. The van der Waals surface area contributed by atoms with E-state index >= 15 is 0 Å². The van der Waals surface area contributed by atoms with Crippen LogP contribution in [0.15, 0.2) is 30.3 Å². The van der Waals surface area contributed by atoms with Gasteiger partial charge in [-0.05, 0) is 49.6 Å². The van der Waals surface area contributed by atoms with Gasteiger partial charge in [0.05, 0.1) is 55.3 Å². The van der Waals surface area contributed by atoms with E-state index in [-0.39, 0.29) is 60.5 Å². The zero-order valence-electron chi connectivity index (χ0n) is 33.0. The summed E-state index contributed by atoms with van der Waals surface area (Å²) >= 11 is 0. The van der Waals surface area contributed by atoms with E-state index in [4.69, 9.17) is 9.47 Å². The van der Waals surface area contributed by atoms with Crippen molar-refractivity contribution in [2.24, 2.45) is 23.7 Å². The number of rotatable bonds is 21. The highest BCUT2D eigenvalue weighted by Crippen LogP contribution is 2.29. The molecule has 0 spiro atoms. The van der Waals surface area contributed by atoms with Crippen LogP contribution in [0.1, 0.15) is 79.7 Å². The topological polar surface area (TPSA) is 150 Å². The molecule has 9 atom stereocenters. The minimum absolute atomic E-state index is 0.0129. The van der Waals surface area contributed by atoms with Crippen molar-refractivity contribution in [3.05, 3.63) is 35.9 Å². The molecule has 0 aromatic heterocycles. The number of carbonyl (C=O) groups is 4. The van der Waals surface area contributed by atoms with Crippen LogP contribution in [-0.2, 0) is 35.1 Å². The summed E-state index contributed by atoms with van der Waals surface area (Å²) in [6.07, 6.45) is 1.54. The maximum atomic E-state index is 14.1. The van der Waals surface area contributed by atoms with Gasteiger partial charge in [-0.25, -0.2) is 0 Å². The lowest BCUT2D eigenvalue weighted by atomic mass is 9.89. The minimum atomic E-state index is -0.756. The molecule has 1 heterocycles. The number of amides is 4. The van der Waals surface area contributed by atoms with Gasteiger partial charge in [-0.15, -0.1) is 0 Å². The van der Waals surface area contributed by atoms with Gasteiger partial charge in [0.15, 0.2) is 0 Å². The second-order valence-electron chi connectivity index (χ2n) is 14.9. The summed E-state index contributed by atoms with van der Waals surface area (Å²) < 4.78 is 11.9. The number of aliphatic hydroxyl groups is 1. The van der Waals surface area contributed by atoms with Gasteiger partial charge in [0.25, 0.3) is 0 Å². The molecule has 0 aliphatic carbocycles. The molecule has 51 heavy (non-hydrogen) atoms. The smallest absolute Gasteiger partial charge is 0.245 e. The lowest BCUT2D eigenvalue weighted by molar-refractivity contribution is -0.147. The predicted molar refractivity (Wildman–Crippen MR) is 200 cm³/mol. The molecule has 0 unspecified atom stereocenters. The molecule has 0 bridgehead atoms. The summed E-state index contributed by atoms with van der Waals surface area (Å²) in [6, 6.07) is 7.26. The highest BCUT2D eigenvalue weighted by atomic mass is 16.5. The van der Waals surface area contributed by atoms with Crippen LogP contribution < -0.4 is 16.0 Å². The Hall–Kier alpha value is -3.06. The molecule has 12 heteroatoms. The largest absolute Gasteiger partial charge is 0.394 e. The van der Waals surface area contributed by atoms with Crippen LogP contribution in [-0.4, -0.2) is 122 Å². The molecule has 1 aromatic carbocycles. The highest BCUT2D eigenvalue weighted by Gasteiger charge is 2.43. The molecule has 0 radical (unpaired) electrons. The van der Waals surface area contributed by atoms with Gasteiger partial charge in [-0.3, -0.25) is 19.2 Å². The van der Waals surface area contributed by atoms with Gasteiger partial charge in [0.1, 0.15) is 6.04 Å². The molecule has 1 aliphatic heterocycles. The Labute approximate surface area is 306 Å². The standard InChI is InChI=1S/C39H67N5O7/c1-12-26(6)35(43(9)39(49)34(25(4)5)42-38(48)33(40-8)24(2)3)31(50-10)22-32(46)44-20-16-19-30(44)36(51-11)27(7)37(47)41-29(23-45)21-28-17-14-13-15-18-28/h13-15,17-18,24-27,29-31,33-36,40,45H,12,16,19-23H2,1-11H3,(H,41,47)(H,42,48)/t26-,27+,29-,30-,31+,33-,34-,35-,36+/m0/s1. The monoisotopic (exact) mass is 718 g/mol. The fraction of sp³-hybridized carbons (Fsp3) is 0.744. The first-order chi connectivity index (χ1) is 24.2. The van der Waals surface area contributed by atoms with Gasteiger partial charge < -0.3 is 40.3 Å². The minimum Gasteiger partial charge on any atom is -0.394 e. The number of nitrogens with zero attached hydrogens (tertiary/aromatic N) is 2. The molecule has 1 fully saturated rings. The normalized spacial score (nSPS) is 19.5. The summed E-state index contributed by atoms with van der Waals surface area (Å²) in [5.41, 5.74) is 1.01. The van der Waals surface area contributed by atoms with Crippen LogP contribution in [0, 0.1) is 23.7 Å². The third kappa shape index (κ3) is 12.0. The van der Waals surface area contributed by atoms with Gasteiger partial charge >= 0.3 is 0 Å². The fourth-order valence-electron chi connectivity index (χ4n) is 7.44. The van der Waals surface area contributed by atoms with E-state index in [1.165, 1.54) is 0 Å². The van der Waals surface area contributed by atoms with Crippen molar-refractivity contribution >= 4 is 23.6 Å². The fourth-order valence-corrected chi connectivity index (χ4v) is 7.44. The lowest BCUT2D eigenvalue weighted by Crippen LogP contribution is -2.59. The molecule has 4 N–H and O–H groups in total. The van der Waals surface area contributed by atoms with Gasteiger partial charge in [-0.1, -0.05) is 85.2 Å². The van der Waals surface area contributed by atoms with Crippen LogP contribution in [0.25, 0.3) is 0 Å². The Bertz CT molecular complexity index is 1230. The van der Waals surface area contributed by atoms with Crippen LogP contribution in [0.4, 0.5) is 0 Å². The summed E-state index contributed by atoms with van der Waals surface area (Å²) in [4.78, 5) is 58.3. The molecule has 1 saturated heterocycles. The van der Waals surface area contributed by atoms with E-state index in [1.54, 1.807) is 45.0 Å². The SMILES string of the molecule is CC[C@H](C)[C@@H]([C@@H](CC(=O)N1CCC[C@H]1[C@H](OC)[C@@H](C)C(=O)N[C@H](CO)Cc1ccccc1)OC)N(C)C(=O)[C@@H](NC(=O)[C@@H](NC)C(C)C)C(C)C. The molecular formula is C39H67N5O7. The summed E-state index contributed by atoms with van der Waals surface area (Å²) in [5, 5.41) is 19.0. The number of hydrogen-bond donors (Lipinski definition) is 4. The van der Waals surface area contributed by atoms with Crippen molar-refractivity contribution in [3.63, 3.8) is 0 Å². The maximum absolute atomic E-state index is 14.1. The van der Waals surface area contributed by atoms with Crippen LogP contribution >= 0.6 is 0 Å². The Kier molecular flexibility index (Phi) is 18.6. The summed E-state index contributed by atoms with van der Waals surface area (Å²) in [6.45, 7) is 13.9. The number of ether oxygens (including phenoxy) is 2. The van der Waals surface area contributed by atoms with E-state index in [9.17, 15) is 24.3 Å². The molecule has 2 rings (SSSR count). The summed E-state index contributed by atoms with van der Waals surface area (Å²) in [7, 11) is 6.58. The van der Waals surface area contributed by atoms with Crippen molar-refractivity contribution in [2.45, 2.75) is 123 Å². The number of benzene rings is 1. The first-order valence-corrected chi connectivity index (χ1v) is 18.7. The number of methoxy groups -OCH3 is 2. The zero-order chi connectivity index (χ0) is 38.4. The third-order valence-corrected chi connectivity index (χ3v) is 10.6. The number of hydrogen-bond acceptors (Lipinski definition) is 8. The van der Waals surface area contributed by atoms with Crippen molar-refractivity contribution < 1.29 is 33.8 Å². The summed E-state index contributed by atoms with van der Waals surface area (Å²) in [5.74, 6) is -1.58. The average Bonchev–Trinajstić information content (AvgIpc) is 3.59. The van der Waals surface area contributed by atoms with Gasteiger partial charge in [-0.2, -0.15) is 0 Å². The average molecular weight is 718 g/mol. The highest BCUT2D eigenvalue weighted by molar-refractivity contribution is 5.90. The van der Waals surface area contributed by atoms with E-state index in [2.05, 4.69) is 16.0 Å². The number of likely N-dealkylation sites (N-methyl/N-ethyl adjacent to an activating group) is 2. The number of likely N-dealkylation sites (tertiary alicyclic amines) is 1. The first-order valence-electron chi connectivity index (χ1n) is 18.7.